The predicted molar refractivity (Wildman–Crippen MR) is 97.3 cm³/mol. The van der Waals surface area contributed by atoms with Gasteiger partial charge < -0.3 is 14.2 Å². The van der Waals surface area contributed by atoms with Crippen molar-refractivity contribution in [2.75, 3.05) is 19.8 Å². The summed E-state index contributed by atoms with van der Waals surface area (Å²) in [6.45, 7) is 9.09. The molecule has 0 unspecified atom stereocenters. The molecule has 0 spiro atoms. The van der Waals surface area contributed by atoms with E-state index in [0.717, 1.165) is 5.75 Å². The van der Waals surface area contributed by atoms with Crippen LogP contribution in [-0.2, 0) is 19.1 Å². The molecule has 1 rings (SSSR count). The minimum Gasteiger partial charge on any atom is -0.493 e. The molecule has 5 heteroatoms. The molecule has 0 bridgehead atoms. The number of rotatable bonds is 10. The molecule has 0 fully saturated rings. The minimum absolute atomic E-state index is 0.0993. The van der Waals surface area contributed by atoms with Crippen molar-refractivity contribution in [2.24, 2.45) is 5.92 Å². The van der Waals surface area contributed by atoms with Gasteiger partial charge in [0.05, 0.1) is 19.8 Å². The topological polar surface area (TPSA) is 61.8 Å². The van der Waals surface area contributed by atoms with E-state index in [1.54, 1.807) is 24.3 Å². The molecule has 0 N–H and O–H groups in total. The maximum atomic E-state index is 12.1. The third-order valence-corrected chi connectivity index (χ3v) is 3.09. The molecule has 0 aliphatic carbocycles. The fourth-order valence-corrected chi connectivity index (χ4v) is 1.84. The molecule has 25 heavy (non-hydrogen) atoms. The highest BCUT2D eigenvalue weighted by Crippen LogP contribution is 2.17. The van der Waals surface area contributed by atoms with Crippen LogP contribution in [0, 0.1) is 5.92 Å². The molecule has 0 aliphatic heterocycles. The van der Waals surface area contributed by atoms with Gasteiger partial charge in [0, 0.05) is 0 Å². The van der Waals surface area contributed by atoms with Crippen LogP contribution in [0.4, 0.5) is 0 Å². The van der Waals surface area contributed by atoms with E-state index < -0.39 is 11.9 Å². The Bertz CT molecular complexity index is 550. The molecule has 0 atom stereocenters. The molecule has 1 aromatic carbocycles. The maximum absolute atomic E-state index is 12.1. The molecule has 138 valence electrons. The maximum Gasteiger partial charge on any atom is 0.345 e. The molecule has 0 radical (unpaired) electrons. The van der Waals surface area contributed by atoms with Crippen LogP contribution in [0.15, 0.2) is 29.8 Å². The molecule has 0 heterocycles. The Balaban J connectivity index is 2.91. The minimum atomic E-state index is -0.664. The summed E-state index contributed by atoms with van der Waals surface area (Å²) in [5.74, 6) is -0.145. The lowest BCUT2D eigenvalue weighted by molar-refractivity contribution is -0.147. The average molecular weight is 348 g/mol. The smallest absolute Gasteiger partial charge is 0.345 e. The summed E-state index contributed by atoms with van der Waals surface area (Å²) >= 11 is 0. The van der Waals surface area contributed by atoms with E-state index in [1.165, 1.54) is 6.08 Å². The monoisotopic (exact) mass is 348 g/mol. The summed E-state index contributed by atoms with van der Waals surface area (Å²) in [7, 11) is 0. The quantitative estimate of drug-likeness (QED) is 0.277. The molecule has 0 aliphatic rings. The first kappa shape index (κ1) is 20.7. The highest BCUT2D eigenvalue weighted by molar-refractivity contribution is 6.17. The first-order chi connectivity index (χ1) is 12.0. The molecule has 0 amide bonds. The Morgan fingerprint density at radius 2 is 1.48 bits per heavy atom. The summed E-state index contributed by atoms with van der Waals surface area (Å²) in [6, 6.07) is 7.19. The third kappa shape index (κ3) is 7.88. The molecule has 5 nitrogen and oxygen atoms in total. The van der Waals surface area contributed by atoms with Gasteiger partial charge in [0.15, 0.2) is 0 Å². The van der Waals surface area contributed by atoms with Crippen LogP contribution in [0.1, 0.15) is 46.1 Å². The summed E-state index contributed by atoms with van der Waals surface area (Å²) in [4.78, 5) is 24.3. The molecular weight excluding hydrogens is 320 g/mol. The van der Waals surface area contributed by atoms with Crippen molar-refractivity contribution in [3.63, 3.8) is 0 Å². The van der Waals surface area contributed by atoms with Crippen molar-refractivity contribution >= 4 is 18.0 Å². The number of hydrogen-bond donors (Lipinski definition) is 0. The van der Waals surface area contributed by atoms with Crippen LogP contribution >= 0.6 is 0 Å². The van der Waals surface area contributed by atoms with Crippen LogP contribution in [0.3, 0.4) is 0 Å². The molecule has 1 aromatic rings. The lowest BCUT2D eigenvalue weighted by Crippen LogP contribution is -2.19. The number of carbonyl (C=O) groups excluding carboxylic acids is 2. The second kappa shape index (κ2) is 11.3. The Hall–Kier alpha value is -2.30. The van der Waals surface area contributed by atoms with Gasteiger partial charge >= 0.3 is 11.9 Å². The normalized spacial score (nSPS) is 10.3. The van der Waals surface area contributed by atoms with Gasteiger partial charge in [-0.05, 0) is 42.5 Å². The molecule has 0 saturated heterocycles. The van der Waals surface area contributed by atoms with Gasteiger partial charge in [-0.2, -0.15) is 0 Å². The predicted octanol–water partition coefficient (Wildman–Crippen LogP) is 4.01. The van der Waals surface area contributed by atoms with Crippen LogP contribution < -0.4 is 4.74 Å². The Morgan fingerprint density at radius 3 is 1.92 bits per heavy atom. The standard InChI is InChI=1S/C20H28O5/c1-5-11-23-19(21)18(20(22)24-12-6-2)13-16-7-9-17(10-8-16)25-14-15(3)4/h7-10,13,15H,5-6,11-12,14H2,1-4H3. The van der Waals surface area contributed by atoms with E-state index in [2.05, 4.69) is 13.8 Å². The largest absolute Gasteiger partial charge is 0.493 e. The van der Waals surface area contributed by atoms with E-state index in [1.807, 2.05) is 13.8 Å². The fourth-order valence-electron chi connectivity index (χ4n) is 1.84. The number of hydrogen-bond acceptors (Lipinski definition) is 5. The third-order valence-electron chi connectivity index (χ3n) is 3.09. The van der Waals surface area contributed by atoms with E-state index in [9.17, 15) is 9.59 Å². The van der Waals surface area contributed by atoms with Gasteiger partial charge in [-0.15, -0.1) is 0 Å². The lowest BCUT2D eigenvalue weighted by atomic mass is 10.1. The summed E-state index contributed by atoms with van der Waals surface area (Å²) < 4.78 is 15.8. The van der Waals surface area contributed by atoms with E-state index in [0.29, 0.717) is 30.9 Å². The van der Waals surface area contributed by atoms with Gasteiger partial charge in [0.2, 0.25) is 0 Å². The summed E-state index contributed by atoms with van der Waals surface area (Å²) in [5.41, 5.74) is 0.603. The van der Waals surface area contributed by atoms with E-state index >= 15 is 0 Å². The van der Waals surface area contributed by atoms with Gasteiger partial charge in [0.1, 0.15) is 11.3 Å². The lowest BCUT2D eigenvalue weighted by Gasteiger charge is -2.10. The van der Waals surface area contributed by atoms with Gasteiger partial charge in [-0.25, -0.2) is 9.59 Å². The van der Waals surface area contributed by atoms with Crippen LogP contribution in [0.2, 0.25) is 0 Å². The molecule has 0 saturated carbocycles. The van der Waals surface area contributed by atoms with Crippen LogP contribution in [0.5, 0.6) is 5.75 Å². The van der Waals surface area contributed by atoms with Crippen molar-refractivity contribution in [3.8, 4) is 5.75 Å². The average Bonchev–Trinajstić information content (AvgIpc) is 2.61. The zero-order chi connectivity index (χ0) is 18.7. The summed E-state index contributed by atoms with van der Waals surface area (Å²) in [5, 5.41) is 0. The van der Waals surface area contributed by atoms with Crippen molar-refractivity contribution in [1.82, 2.24) is 0 Å². The number of ether oxygens (including phenoxy) is 3. The number of esters is 2. The van der Waals surface area contributed by atoms with Crippen LogP contribution in [0.25, 0.3) is 6.08 Å². The van der Waals surface area contributed by atoms with Gasteiger partial charge in [-0.3, -0.25) is 0 Å². The zero-order valence-electron chi connectivity index (χ0n) is 15.5. The van der Waals surface area contributed by atoms with E-state index in [-0.39, 0.29) is 18.8 Å². The Labute approximate surface area is 150 Å². The summed E-state index contributed by atoms with van der Waals surface area (Å²) in [6.07, 6.45) is 2.86. The Kier molecular flexibility index (Phi) is 9.37. The van der Waals surface area contributed by atoms with Crippen LogP contribution in [-0.4, -0.2) is 31.8 Å². The zero-order valence-corrected chi connectivity index (χ0v) is 15.5. The number of benzene rings is 1. The second-order valence-corrected chi connectivity index (χ2v) is 6.10. The van der Waals surface area contributed by atoms with Crippen molar-refractivity contribution < 1.29 is 23.8 Å². The second-order valence-electron chi connectivity index (χ2n) is 6.10. The van der Waals surface area contributed by atoms with Crippen molar-refractivity contribution in [2.45, 2.75) is 40.5 Å². The fraction of sp³-hybridized carbons (Fsp3) is 0.500. The highest BCUT2D eigenvalue weighted by Gasteiger charge is 2.21. The highest BCUT2D eigenvalue weighted by atomic mass is 16.6. The molecule has 0 aromatic heterocycles. The molecular formula is C20H28O5. The number of carbonyl (C=O) groups is 2. The SMILES string of the molecule is CCCOC(=O)C(=Cc1ccc(OCC(C)C)cc1)C(=O)OCCC. The van der Waals surface area contributed by atoms with Gasteiger partial charge in [0.25, 0.3) is 0 Å². The van der Waals surface area contributed by atoms with E-state index in [4.69, 9.17) is 14.2 Å². The first-order valence-corrected chi connectivity index (χ1v) is 8.76. The van der Waals surface area contributed by atoms with Crippen molar-refractivity contribution in [1.29, 1.82) is 0 Å². The Morgan fingerprint density at radius 1 is 0.960 bits per heavy atom. The van der Waals surface area contributed by atoms with Gasteiger partial charge in [-0.1, -0.05) is 39.8 Å². The van der Waals surface area contributed by atoms with Crippen molar-refractivity contribution in [3.05, 3.63) is 35.4 Å². The first-order valence-electron chi connectivity index (χ1n) is 8.76.